The molecule has 0 aromatic heterocycles. The molecule has 0 rings (SSSR count). The average Bonchev–Trinajstić information content (AvgIpc) is 2.75. The number of carboxylic acid groups (broad SMARTS) is 2. The standard InChI is InChI=1S/C26H54O6Si3/c1-34(2,23-19-15-11-7-5-9-13-17-21-25(27)28)31-33-32-35(3,4)24-20-16-12-8-6-10-14-18-22-26(29)30/h5-24H2,1-4H3,(H,27,28)(H,29,30). The molecule has 0 aromatic carbocycles. The molecule has 0 aliphatic rings. The Balaban J connectivity index is 3.62. The van der Waals surface area contributed by atoms with Gasteiger partial charge < -0.3 is 18.4 Å². The largest absolute Gasteiger partial charge is 0.481 e. The van der Waals surface area contributed by atoms with Crippen LogP contribution < -0.4 is 0 Å². The van der Waals surface area contributed by atoms with Crippen molar-refractivity contribution in [3.63, 3.8) is 0 Å². The SMILES string of the molecule is C[Si](C)(CCCCCCCCCCC(=O)O)O[Si]O[Si](C)(C)CCCCCCCCCCC(=O)O. The highest BCUT2D eigenvalue weighted by molar-refractivity contribution is 6.78. The molecule has 35 heavy (non-hydrogen) atoms. The Bertz CT molecular complexity index is 497. The molecule has 0 spiro atoms. The van der Waals surface area contributed by atoms with Gasteiger partial charge in [0.05, 0.1) is 0 Å². The van der Waals surface area contributed by atoms with E-state index in [0.29, 0.717) is 12.8 Å². The first-order valence-corrected chi connectivity index (χ1v) is 21.1. The van der Waals surface area contributed by atoms with E-state index in [4.69, 9.17) is 18.4 Å². The number of carbonyl (C=O) groups is 2. The molecular weight excluding hydrogens is 493 g/mol. The van der Waals surface area contributed by atoms with Gasteiger partial charge in [-0.05, 0) is 51.1 Å². The summed E-state index contributed by atoms with van der Waals surface area (Å²) in [6.07, 6.45) is 19.2. The van der Waals surface area contributed by atoms with Crippen molar-refractivity contribution in [2.24, 2.45) is 0 Å². The molecule has 6 nitrogen and oxygen atoms in total. The van der Waals surface area contributed by atoms with E-state index in [2.05, 4.69) is 26.2 Å². The van der Waals surface area contributed by atoms with Crippen molar-refractivity contribution in [1.82, 2.24) is 0 Å². The van der Waals surface area contributed by atoms with Gasteiger partial charge in [-0.15, -0.1) is 0 Å². The Kier molecular flexibility index (Phi) is 21.3. The van der Waals surface area contributed by atoms with Crippen LogP contribution in [-0.4, -0.2) is 48.8 Å². The first-order valence-electron chi connectivity index (χ1n) is 14.1. The third-order valence-electron chi connectivity index (χ3n) is 6.47. The lowest BCUT2D eigenvalue weighted by molar-refractivity contribution is -0.138. The third kappa shape index (κ3) is 26.4. The molecule has 0 atom stereocenters. The van der Waals surface area contributed by atoms with E-state index in [0.717, 1.165) is 38.5 Å². The maximum Gasteiger partial charge on any atom is 0.410 e. The molecule has 0 amide bonds. The van der Waals surface area contributed by atoms with E-state index in [1.807, 2.05) is 0 Å². The van der Waals surface area contributed by atoms with E-state index >= 15 is 0 Å². The minimum absolute atomic E-state index is 0.195. The van der Waals surface area contributed by atoms with Crippen LogP contribution in [0.15, 0.2) is 0 Å². The van der Waals surface area contributed by atoms with Crippen LogP contribution in [-0.2, 0) is 17.8 Å². The van der Waals surface area contributed by atoms with Gasteiger partial charge >= 0.3 is 21.9 Å². The highest BCUT2D eigenvalue weighted by Gasteiger charge is 2.27. The minimum Gasteiger partial charge on any atom is -0.481 e. The van der Waals surface area contributed by atoms with Crippen LogP contribution in [0.5, 0.6) is 0 Å². The van der Waals surface area contributed by atoms with E-state index in [-0.39, 0.29) is 10.0 Å². The van der Waals surface area contributed by atoms with Gasteiger partial charge in [-0.25, -0.2) is 0 Å². The molecule has 0 saturated heterocycles. The van der Waals surface area contributed by atoms with Gasteiger partial charge in [0.25, 0.3) is 0 Å². The lowest BCUT2D eigenvalue weighted by Crippen LogP contribution is -2.38. The van der Waals surface area contributed by atoms with Gasteiger partial charge in [0.1, 0.15) is 0 Å². The van der Waals surface area contributed by atoms with Gasteiger partial charge in [0, 0.05) is 12.8 Å². The predicted molar refractivity (Wildman–Crippen MR) is 151 cm³/mol. The number of unbranched alkanes of at least 4 members (excludes halogenated alkanes) is 14. The molecule has 9 heteroatoms. The quantitative estimate of drug-likeness (QED) is 0.0839. The molecule has 0 fully saturated rings. The molecule has 0 aromatic rings. The molecule has 206 valence electrons. The molecule has 0 aliphatic carbocycles. The van der Waals surface area contributed by atoms with Gasteiger partial charge in [-0.3, -0.25) is 9.59 Å². The molecule has 0 bridgehead atoms. The van der Waals surface area contributed by atoms with Crippen LogP contribution >= 0.6 is 0 Å². The third-order valence-corrected chi connectivity index (χ3v) is 14.7. The Morgan fingerprint density at radius 1 is 0.514 bits per heavy atom. The molecule has 0 unspecified atom stereocenters. The van der Waals surface area contributed by atoms with E-state index in [1.165, 1.54) is 76.3 Å². The lowest BCUT2D eigenvalue weighted by Gasteiger charge is -2.27. The summed E-state index contributed by atoms with van der Waals surface area (Å²) in [6.45, 7) is 9.23. The topological polar surface area (TPSA) is 93.1 Å². The first-order chi connectivity index (χ1) is 16.5. The normalized spacial score (nSPS) is 12.2. The van der Waals surface area contributed by atoms with Crippen LogP contribution in [0.25, 0.3) is 0 Å². The molecular formula is C26H54O6Si3. The van der Waals surface area contributed by atoms with Crippen molar-refractivity contribution in [2.45, 2.75) is 154 Å². The predicted octanol–water partition coefficient (Wildman–Crippen LogP) is 8.16. The van der Waals surface area contributed by atoms with Crippen LogP contribution in [0.4, 0.5) is 0 Å². The lowest BCUT2D eigenvalue weighted by atomic mass is 10.1. The zero-order valence-corrected chi connectivity index (χ0v) is 26.2. The number of hydrogen-bond donors (Lipinski definition) is 2. The Hall–Kier alpha value is -0.489. The Morgan fingerprint density at radius 2 is 0.771 bits per heavy atom. The first kappa shape index (κ1) is 34.5. The highest BCUT2D eigenvalue weighted by Crippen LogP contribution is 2.20. The van der Waals surface area contributed by atoms with Crippen molar-refractivity contribution in [3.05, 3.63) is 0 Å². The minimum atomic E-state index is -1.65. The molecule has 2 radical (unpaired) electrons. The summed E-state index contributed by atoms with van der Waals surface area (Å²) in [7, 11) is -3.10. The Morgan fingerprint density at radius 3 is 1.06 bits per heavy atom. The summed E-state index contributed by atoms with van der Waals surface area (Å²) in [5.74, 6) is -1.36. The summed E-state index contributed by atoms with van der Waals surface area (Å²) >= 11 is 0. The monoisotopic (exact) mass is 546 g/mol. The second-order valence-corrected chi connectivity index (χ2v) is 21.1. The van der Waals surface area contributed by atoms with E-state index in [9.17, 15) is 9.59 Å². The molecule has 0 aliphatic heterocycles. The summed E-state index contributed by atoms with van der Waals surface area (Å²) in [6, 6.07) is 2.39. The average molecular weight is 547 g/mol. The fourth-order valence-corrected chi connectivity index (χ4v) is 9.49. The van der Waals surface area contributed by atoms with E-state index in [1.54, 1.807) is 0 Å². The second-order valence-electron chi connectivity index (χ2n) is 11.3. The van der Waals surface area contributed by atoms with Gasteiger partial charge in [0.2, 0.25) is 0 Å². The summed E-state index contributed by atoms with van der Waals surface area (Å²) in [4.78, 5) is 21.0. The fraction of sp³-hybridized carbons (Fsp3) is 0.923. The summed E-state index contributed by atoms with van der Waals surface area (Å²) < 4.78 is 12.5. The number of hydrogen-bond acceptors (Lipinski definition) is 4. The second kappa shape index (κ2) is 21.6. The van der Waals surface area contributed by atoms with Gasteiger partial charge in [-0.1, -0.05) is 89.9 Å². The highest BCUT2D eigenvalue weighted by atomic mass is 28.4. The number of carboxylic acids is 2. The fourth-order valence-electron chi connectivity index (χ4n) is 4.12. The number of rotatable bonds is 26. The van der Waals surface area contributed by atoms with Crippen molar-refractivity contribution in [2.75, 3.05) is 0 Å². The number of aliphatic carboxylic acids is 2. The smallest absolute Gasteiger partial charge is 0.410 e. The van der Waals surface area contributed by atoms with Crippen LogP contribution in [0.1, 0.15) is 116 Å². The molecule has 0 saturated carbocycles. The molecule has 2 N–H and O–H groups in total. The zero-order chi connectivity index (χ0) is 26.4. The van der Waals surface area contributed by atoms with Crippen molar-refractivity contribution in [1.29, 1.82) is 0 Å². The zero-order valence-electron chi connectivity index (χ0n) is 23.2. The van der Waals surface area contributed by atoms with Gasteiger partial charge in [-0.2, -0.15) is 0 Å². The summed E-state index contributed by atoms with van der Waals surface area (Å²) in [5.41, 5.74) is 0. The van der Waals surface area contributed by atoms with Crippen LogP contribution in [0.2, 0.25) is 38.3 Å². The van der Waals surface area contributed by atoms with Gasteiger partial charge in [0.15, 0.2) is 16.6 Å². The van der Waals surface area contributed by atoms with Crippen LogP contribution in [0.3, 0.4) is 0 Å². The van der Waals surface area contributed by atoms with E-state index < -0.39 is 28.6 Å². The summed E-state index contributed by atoms with van der Waals surface area (Å²) in [5, 5.41) is 17.3. The van der Waals surface area contributed by atoms with Crippen molar-refractivity contribution < 1.29 is 28.0 Å². The van der Waals surface area contributed by atoms with Crippen molar-refractivity contribution >= 4 is 38.6 Å². The van der Waals surface area contributed by atoms with Crippen LogP contribution in [0, 0.1) is 0 Å². The van der Waals surface area contributed by atoms with Crippen molar-refractivity contribution in [3.8, 4) is 0 Å². The Labute approximate surface area is 220 Å². The maximum absolute atomic E-state index is 10.5. The maximum atomic E-state index is 10.5. The molecule has 0 heterocycles.